The maximum atomic E-state index is 13.8. The van der Waals surface area contributed by atoms with Gasteiger partial charge >= 0.3 is 0 Å². The van der Waals surface area contributed by atoms with Crippen molar-refractivity contribution in [3.05, 3.63) is 64.5 Å². The number of rotatable bonds is 3. The molecule has 100 valence electrons. The molecule has 0 heterocycles. The minimum atomic E-state index is -0.338. The van der Waals surface area contributed by atoms with E-state index in [0.29, 0.717) is 0 Å². The van der Waals surface area contributed by atoms with Crippen LogP contribution in [0.5, 0.6) is 5.75 Å². The van der Waals surface area contributed by atoms with E-state index >= 15 is 0 Å². The molecule has 2 aromatic carbocycles. The minimum absolute atomic E-state index is 0.0205. The van der Waals surface area contributed by atoms with Gasteiger partial charge in [-0.15, -0.1) is 0 Å². The molecule has 0 aliphatic carbocycles. The topological polar surface area (TPSA) is 9.23 Å². The number of alkyl halides is 1. The van der Waals surface area contributed by atoms with Gasteiger partial charge in [-0.3, -0.25) is 0 Å². The maximum absolute atomic E-state index is 13.8. The van der Waals surface area contributed by atoms with Gasteiger partial charge < -0.3 is 4.74 Å². The molecule has 0 aliphatic heterocycles. The van der Waals surface area contributed by atoms with Gasteiger partial charge in [0, 0.05) is 0 Å². The zero-order chi connectivity index (χ0) is 14.0. The molecule has 0 aromatic heterocycles. The Balaban J connectivity index is 2.41. The molecule has 0 bridgehead atoms. The molecule has 0 spiro atoms. The van der Waals surface area contributed by atoms with Crippen LogP contribution in [0.25, 0.3) is 0 Å². The Morgan fingerprint density at radius 1 is 1.11 bits per heavy atom. The quantitative estimate of drug-likeness (QED) is 0.727. The summed E-state index contributed by atoms with van der Waals surface area (Å²) in [7, 11) is 1.47. The van der Waals surface area contributed by atoms with E-state index in [0.717, 1.165) is 11.1 Å². The first kappa shape index (κ1) is 14.1. The van der Waals surface area contributed by atoms with Crippen LogP contribution < -0.4 is 4.74 Å². The van der Waals surface area contributed by atoms with Crippen LogP contribution in [0.3, 0.4) is 0 Å². The summed E-state index contributed by atoms with van der Waals surface area (Å²) in [6.07, 6.45) is 0. The average Bonchev–Trinajstić information content (AvgIpc) is 2.40. The van der Waals surface area contributed by atoms with Crippen molar-refractivity contribution >= 4 is 15.9 Å². The van der Waals surface area contributed by atoms with Gasteiger partial charge in [-0.25, -0.2) is 4.39 Å². The van der Waals surface area contributed by atoms with Gasteiger partial charge in [-0.05, 0) is 42.7 Å². The van der Waals surface area contributed by atoms with Crippen LogP contribution in [0.1, 0.15) is 27.1 Å². The van der Waals surface area contributed by atoms with E-state index in [1.165, 1.54) is 24.3 Å². The number of hydrogen-bond donors (Lipinski definition) is 0. The number of methoxy groups -OCH3 is 1. The largest absolute Gasteiger partial charge is 0.494 e. The summed E-state index contributed by atoms with van der Waals surface area (Å²) < 4.78 is 18.7. The van der Waals surface area contributed by atoms with Crippen LogP contribution in [0.15, 0.2) is 36.4 Å². The molecule has 2 rings (SSSR count). The smallest absolute Gasteiger partial charge is 0.165 e. The molecular formula is C16H16BrFO. The van der Waals surface area contributed by atoms with Crippen LogP contribution in [-0.4, -0.2) is 7.11 Å². The van der Waals surface area contributed by atoms with Crippen molar-refractivity contribution < 1.29 is 9.13 Å². The second-order valence-corrected chi connectivity index (χ2v) is 5.53. The van der Waals surface area contributed by atoms with Crippen LogP contribution in [0, 0.1) is 19.7 Å². The van der Waals surface area contributed by atoms with E-state index in [2.05, 4.69) is 48.0 Å². The number of ether oxygens (including phenoxy) is 1. The highest BCUT2D eigenvalue weighted by molar-refractivity contribution is 9.09. The van der Waals surface area contributed by atoms with Gasteiger partial charge in [-0.2, -0.15) is 0 Å². The SMILES string of the molecule is COc1ccc(C(Br)c2cc(C)ccc2C)cc1F. The normalized spacial score (nSPS) is 12.3. The van der Waals surface area contributed by atoms with E-state index in [-0.39, 0.29) is 16.4 Å². The Hall–Kier alpha value is -1.35. The van der Waals surface area contributed by atoms with Gasteiger partial charge in [0.1, 0.15) is 0 Å². The average molecular weight is 323 g/mol. The molecule has 0 saturated carbocycles. The molecule has 2 aromatic rings. The van der Waals surface area contributed by atoms with E-state index in [4.69, 9.17) is 4.74 Å². The van der Waals surface area contributed by atoms with Gasteiger partial charge in [0.25, 0.3) is 0 Å². The van der Waals surface area contributed by atoms with Crippen LogP contribution in [0.2, 0.25) is 0 Å². The summed E-state index contributed by atoms with van der Waals surface area (Å²) in [6, 6.07) is 11.3. The van der Waals surface area contributed by atoms with Crippen molar-refractivity contribution in [2.24, 2.45) is 0 Å². The van der Waals surface area contributed by atoms with E-state index in [1.807, 2.05) is 6.07 Å². The Morgan fingerprint density at radius 3 is 2.47 bits per heavy atom. The molecule has 1 unspecified atom stereocenters. The first-order valence-corrected chi connectivity index (χ1v) is 6.99. The molecule has 0 aliphatic rings. The first-order valence-electron chi connectivity index (χ1n) is 6.07. The Morgan fingerprint density at radius 2 is 1.84 bits per heavy atom. The lowest BCUT2D eigenvalue weighted by Gasteiger charge is -2.15. The summed E-state index contributed by atoms with van der Waals surface area (Å²) in [5.74, 6) is -0.0702. The van der Waals surface area contributed by atoms with Gasteiger partial charge in [-0.1, -0.05) is 45.8 Å². The monoisotopic (exact) mass is 322 g/mol. The van der Waals surface area contributed by atoms with Crippen molar-refractivity contribution in [2.75, 3.05) is 7.11 Å². The molecule has 19 heavy (non-hydrogen) atoms. The molecule has 0 N–H and O–H groups in total. The fourth-order valence-electron chi connectivity index (χ4n) is 2.05. The highest BCUT2D eigenvalue weighted by Gasteiger charge is 2.15. The molecule has 1 nitrogen and oxygen atoms in total. The second-order valence-electron chi connectivity index (χ2n) is 4.62. The molecule has 1 atom stereocenters. The van der Waals surface area contributed by atoms with Crippen LogP contribution in [-0.2, 0) is 0 Å². The first-order chi connectivity index (χ1) is 9.02. The summed E-state index contributed by atoms with van der Waals surface area (Å²) >= 11 is 3.65. The highest BCUT2D eigenvalue weighted by Crippen LogP contribution is 2.34. The molecule has 0 fully saturated rings. The summed E-state index contributed by atoms with van der Waals surface area (Å²) in [5, 5.41) is 0. The minimum Gasteiger partial charge on any atom is -0.494 e. The van der Waals surface area contributed by atoms with Crippen molar-refractivity contribution in [1.82, 2.24) is 0 Å². The van der Waals surface area contributed by atoms with Crippen LogP contribution >= 0.6 is 15.9 Å². The zero-order valence-corrected chi connectivity index (χ0v) is 12.8. The molecule has 0 saturated heterocycles. The van der Waals surface area contributed by atoms with Crippen LogP contribution in [0.4, 0.5) is 4.39 Å². The van der Waals surface area contributed by atoms with Crippen molar-refractivity contribution in [2.45, 2.75) is 18.7 Å². The van der Waals surface area contributed by atoms with Gasteiger partial charge in [0.15, 0.2) is 11.6 Å². The Kier molecular flexibility index (Phi) is 4.25. The molecule has 0 amide bonds. The second kappa shape index (κ2) is 5.74. The third-order valence-electron chi connectivity index (χ3n) is 3.18. The summed E-state index contributed by atoms with van der Waals surface area (Å²) in [6.45, 7) is 4.11. The third-order valence-corrected chi connectivity index (χ3v) is 4.20. The summed E-state index contributed by atoms with van der Waals surface area (Å²) in [4.78, 5) is -0.0205. The fraction of sp³-hybridized carbons (Fsp3) is 0.250. The van der Waals surface area contributed by atoms with Crippen molar-refractivity contribution in [3.8, 4) is 5.75 Å². The van der Waals surface area contributed by atoms with Gasteiger partial charge in [0.05, 0.1) is 11.9 Å². The maximum Gasteiger partial charge on any atom is 0.165 e. The molecule has 0 radical (unpaired) electrons. The van der Waals surface area contributed by atoms with E-state index in [1.54, 1.807) is 6.07 Å². The predicted molar refractivity (Wildman–Crippen MR) is 79.6 cm³/mol. The Labute approximate surface area is 121 Å². The predicted octanol–water partition coefficient (Wildman–Crippen LogP) is 4.94. The molecular weight excluding hydrogens is 307 g/mol. The van der Waals surface area contributed by atoms with Gasteiger partial charge in [0.2, 0.25) is 0 Å². The lowest BCUT2D eigenvalue weighted by molar-refractivity contribution is 0.386. The van der Waals surface area contributed by atoms with Crippen molar-refractivity contribution in [3.63, 3.8) is 0 Å². The fourth-order valence-corrected chi connectivity index (χ4v) is 2.83. The third kappa shape index (κ3) is 2.98. The Bertz CT molecular complexity index is 595. The zero-order valence-electron chi connectivity index (χ0n) is 11.2. The van der Waals surface area contributed by atoms with E-state index < -0.39 is 0 Å². The number of aryl methyl sites for hydroxylation is 2. The lowest BCUT2D eigenvalue weighted by atomic mass is 9.98. The summed E-state index contributed by atoms with van der Waals surface area (Å²) in [5.41, 5.74) is 4.42. The number of hydrogen-bond acceptors (Lipinski definition) is 1. The lowest BCUT2D eigenvalue weighted by Crippen LogP contribution is -1.98. The standard InChI is InChI=1S/C16H16BrFO/c1-10-4-5-11(2)13(8-10)16(17)12-6-7-15(19-3)14(18)9-12/h4-9,16H,1-3H3. The van der Waals surface area contributed by atoms with E-state index in [9.17, 15) is 4.39 Å². The highest BCUT2D eigenvalue weighted by atomic mass is 79.9. The number of benzene rings is 2. The van der Waals surface area contributed by atoms with Crippen molar-refractivity contribution in [1.29, 1.82) is 0 Å². The molecule has 3 heteroatoms. The number of halogens is 2.